The first-order chi connectivity index (χ1) is 11.1. The van der Waals surface area contributed by atoms with E-state index in [4.69, 9.17) is 9.47 Å². The van der Waals surface area contributed by atoms with Crippen LogP contribution in [0.3, 0.4) is 0 Å². The van der Waals surface area contributed by atoms with Gasteiger partial charge in [0.05, 0.1) is 18.6 Å². The summed E-state index contributed by atoms with van der Waals surface area (Å²) in [5.74, 6) is 0.609. The molecule has 0 radical (unpaired) electrons. The van der Waals surface area contributed by atoms with Crippen LogP contribution in [-0.4, -0.2) is 31.1 Å². The quantitative estimate of drug-likeness (QED) is 0.356. The average molecular weight is 343 g/mol. The molecule has 0 rings (SSSR count). The van der Waals surface area contributed by atoms with Gasteiger partial charge in [0.15, 0.2) is 6.29 Å². The highest BCUT2D eigenvalue weighted by Crippen LogP contribution is 2.33. The fraction of sp³-hybridized carbons (Fsp3) is 0.900. The van der Waals surface area contributed by atoms with E-state index in [-0.39, 0.29) is 5.97 Å². The molecule has 2 atom stereocenters. The van der Waals surface area contributed by atoms with Gasteiger partial charge in [-0.2, -0.15) is 0 Å². The summed E-state index contributed by atoms with van der Waals surface area (Å²) in [5, 5.41) is 0. The van der Waals surface area contributed by atoms with Crippen LogP contribution in [0, 0.1) is 17.3 Å². The van der Waals surface area contributed by atoms with Crippen molar-refractivity contribution < 1.29 is 19.1 Å². The van der Waals surface area contributed by atoms with E-state index in [1.54, 1.807) is 0 Å². The Morgan fingerprint density at radius 2 is 1.58 bits per heavy atom. The van der Waals surface area contributed by atoms with Crippen LogP contribution in [0.25, 0.3) is 0 Å². The highest BCUT2D eigenvalue weighted by Gasteiger charge is 2.35. The maximum Gasteiger partial charge on any atom is 0.311 e. The molecule has 142 valence electrons. The van der Waals surface area contributed by atoms with Gasteiger partial charge in [0.1, 0.15) is 5.60 Å². The predicted octanol–water partition coefficient (Wildman–Crippen LogP) is 4.79. The fourth-order valence-corrected chi connectivity index (χ4v) is 2.65. The highest BCUT2D eigenvalue weighted by molar-refractivity contribution is 5.76. The van der Waals surface area contributed by atoms with Gasteiger partial charge in [-0.15, -0.1) is 0 Å². The molecule has 0 aromatic rings. The second kappa shape index (κ2) is 10.9. The zero-order valence-corrected chi connectivity index (χ0v) is 16.8. The van der Waals surface area contributed by atoms with E-state index in [0.717, 1.165) is 25.5 Å². The van der Waals surface area contributed by atoms with Crippen molar-refractivity contribution in [3.63, 3.8) is 0 Å². The Bertz CT molecular complexity index is 378. The zero-order chi connectivity index (χ0) is 18.8. The topological polar surface area (TPSA) is 52.6 Å². The summed E-state index contributed by atoms with van der Waals surface area (Å²) < 4.78 is 11.2. The minimum absolute atomic E-state index is 0.117. The molecular formula is C20H38O4. The maximum absolute atomic E-state index is 12.5. The summed E-state index contributed by atoms with van der Waals surface area (Å²) in [6, 6.07) is 0. The second-order valence-corrected chi connectivity index (χ2v) is 8.29. The lowest BCUT2D eigenvalue weighted by Gasteiger charge is -2.30. The number of aldehydes is 1. The molecule has 0 saturated carbocycles. The molecule has 0 saturated heterocycles. The largest absolute Gasteiger partial charge is 0.465 e. The second-order valence-electron chi connectivity index (χ2n) is 8.29. The zero-order valence-electron chi connectivity index (χ0n) is 16.8. The smallest absolute Gasteiger partial charge is 0.311 e. The molecular weight excluding hydrogens is 304 g/mol. The van der Waals surface area contributed by atoms with Gasteiger partial charge in [-0.05, 0) is 51.4 Å². The first-order valence-electron chi connectivity index (χ1n) is 9.36. The molecule has 0 aromatic carbocycles. The molecule has 24 heavy (non-hydrogen) atoms. The Kier molecular flexibility index (Phi) is 10.5. The van der Waals surface area contributed by atoms with Crippen LogP contribution in [0.4, 0.5) is 0 Å². The van der Waals surface area contributed by atoms with Crippen LogP contribution in [0.1, 0.15) is 80.6 Å². The number of hydrogen-bond donors (Lipinski definition) is 0. The van der Waals surface area contributed by atoms with Gasteiger partial charge in [0.2, 0.25) is 0 Å². The number of esters is 1. The molecule has 0 aromatic heterocycles. The van der Waals surface area contributed by atoms with E-state index >= 15 is 0 Å². The van der Waals surface area contributed by atoms with Crippen molar-refractivity contribution in [3.8, 4) is 0 Å². The molecule has 4 heteroatoms. The van der Waals surface area contributed by atoms with Gasteiger partial charge >= 0.3 is 5.97 Å². The molecule has 0 N–H and O–H groups in total. The van der Waals surface area contributed by atoms with E-state index in [9.17, 15) is 9.59 Å². The number of carbonyl (C=O) groups excluding carboxylic acids is 2. The molecule has 0 bridgehead atoms. The standard InChI is InChI=1S/C20H38O4/c1-8-10-19(6,18(22)23-13-16(2)3)11-9-12-20(7,15-21)24-14-17(4)5/h15-17H,8-14H2,1-7H3. The maximum atomic E-state index is 12.5. The number of rotatable bonds is 13. The van der Waals surface area contributed by atoms with Crippen LogP contribution >= 0.6 is 0 Å². The van der Waals surface area contributed by atoms with E-state index < -0.39 is 11.0 Å². The first kappa shape index (κ1) is 23.1. The van der Waals surface area contributed by atoms with E-state index in [0.29, 0.717) is 37.9 Å². The highest BCUT2D eigenvalue weighted by atomic mass is 16.5. The molecule has 0 aliphatic carbocycles. The van der Waals surface area contributed by atoms with Crippen molar-refractivity contribution in [2.75, 3.05) is 13.2 Å². The van der Waals surface area contributed by atoms with Crippen LogP contribution in [0.2, 0.25) is 0 Å². The third kappa shape index (κ3) is 8.81. The van der Waals surface area contributed by atoms with Crippen molar-refractivity contribution in [2.45, 2.75) is 86.2 Å². The SMILES string of the molecule is CCCC(C)(CCCC(C)(C=O)OCC(C)C)C(=O)OCC(C)C. The normalized spacial score (nSPS) is 16.7. The van der Waals surface area contributed by atoms with Crippen LogP contribution in [-0.2, 0) is 19.1 Å². The number of ether oxygens (including phenoxy) is 2. The summed E-state index contributed by atoms with van der Waals surface area (Å²) in [5.41, 5.74) is -1.25. The molecule has 0 aliphatic rings. The predicted molar refractivity (Wildman–Crippen MR) is 97.9 cm³/mol. The van der Waals surface area contributed by atoms with Crippen LogP contribution < -0.4 is 0 Å². The molecule has 0 heterocycles. The van der Waals surface area contributed by atoms with Gasteiger partial charge in [0.25, 0.3) is 0 Å². The van der Waals surface area contributed by atoms with Crippen molar-refractivity contribution in [2.24, 2.45) is 17.3 Å². The molecule has 0 fully saturated rings. The van der Waals surface area contributed by atoms with Crippen molar-refractivity contribution in [1.82, 2.24) is 0 Å². The van der Waals surface area contributed by atoms with Gasteiger partial charge < -0.3 is 14.3 Å². The van der Waals surface area contributed by atoms with E-state index in [1.807, 2.05) is 27.7 Å². The van der Waals surface area contributed by atoms with Crippen molar-refractivity contribution >= 4 is 12.3 Å². The molecule has 0 aliphatic heterocycles. The first-order valence-corrected chi connectivity index (χ1v) is 9.36. The average Bonchev–Trinajstić information content (AvgIpc) is 2.50. The van der Waals surface area contributed by atoms with Crippen LogP contribution in [0.5, 0.6) is 0 Å². The minimum Gasteiger partial charge on any atom is -0.465 e. The van der Waals surface area contributed by atoms with Gasteiger partial charge in [0, 0.05) is 0 Å². The Morgan fingerprint density at radius 1 is 1.00 bits per heavy atom. The summed E-state index contributed by atoms with van der Waals surface area (Å²) in [6.07, 6.45) is 4.73. The Morgan fingerprint density at radius 3 is 2.04 bits per heavy atom. The Labute approximate surface area is 148 Å². The Hall–Kier alpha value is -0.900. The van der Waals surface area contributed by atoms with Gasteiger partial charge in [-0.1, -0.05) is 41.0 Å². The molecule has 4 nitrogen and oxygen atoms in total. The van der Waals surface area contributed by atoms with E-state index in [1.165, 1.54) is 0 Å². The van der Waals surface area contributed by atoms with E-state index in [2.05, 4.69) is 20.8 Å². The summed E-state index contributed by atoms with van der Waals surface area (Å²) in [6.45, 7) is 15.1. The minimum atomic E-state index is -0.765. The van der Waals surface area contributed by atoms with Gasteiger partial charge in [-0.3, -0.25) is 4.79 Å². The summed E-state index contributed by atoms with van der Waals surface area (Å²) in [7, 11) is 0. The Balaban J connectivity index is 4.65. The molecule has 2 unspecified atom stereocenters. The number of carbonyl (C=O) groups is 2. The lowest BCUT2D eigenvalue weighted by Crippen LogP contribution is -2.34. The summed E-state index contributed by atoms with van der Waals surface area (Å²) in [4.78, 5) is 23.9. The lowest BCUT2D eigenvalue weighted by atomic mass is 9.79. The summed E-state index contributed by atoms with van der Waals surface area (Å²) >= 11 is 0. The molecule has 0 spiro atoms. The third-order valence-corrected chi connectivity index (χ3v) is 4.24. The van der Waals surface area contributed by atoms with Crippen LogP contribution in [0.15, 0.2) is 0 Å². The third-order valence-electron chi connectivity index (χ3n) is 4.24. The van der Waals surface area contributed by atoms with Gasteiger partial charge in [-0.25, -0.2) is 0 Å². The van der Waals surface area contributed by atoms with Crippen molar-refractivity contribution in [3.05, 3.63) is 0 Å². The fourth-order valence-electron chi connectivity index (χ4n) is 2.65. The monoisotopic (exact) mass is 342 g/mol. The number of hydrogen-bond acceptors (Lipinski definition) is 4. The van der Waals surface area contributed by atoms with Crippen molar-refractivity contribution in [1.29, 1.82) is 0 Å². The lowest BCUT2D eigenvalue weighted by molar-refractivity contribution is -0.157. The molecule has 0 amide bonds.